The highest BCUT2D eigenvalue weighted by atomic mass is 19.1. The molecule has 3 atom stereocenters. The van der Waals surface area contributed by atoms with Gasteiger partial charge in [-0.1, -0.05) is 0 Å². The van der Waals surface area contributed by atoms with Crippen molar-refractivity contribution in [3.8, 4) is 0 Å². The Balaban J connectivity index is 1.74. The molecule has 150 valence electrons. The molecule has 0 aliphatic carbocycles. The smallest absolute Gasteiger partial charge is 0.217 e. The maximum absolute atomic E-state index is 13.7. The van der Waals surface area contributed by atoms with Crippen molar-refractivity contribution in [3.63, 3.8) is 0 Å². The quantitative estimate of drug-likeness (QED) is 0.864. The van der Waals surface area contributed by atoms with E-state index in [1.165, 1.54) is 19.1 Å². The first-order chi connectivity index (χ1) is 12.8. The molecule has 2 fully saturated rings. The number of nitrogens with zero attached hydrogens (tertiary/aromatic N) is 1. The van der Waals surface area contributed by atoms with Gasteiger partial charge < -0.3 is 15.0 Å². The summed E-state index contributed by atoms with van der Waals surface area (Å²) in [7, 11) is 0. The van der Waals surface area contributed by atoms with E-state index in [9.17, 15) is 13.6 Å². The van der Waals surface area contributed by atoms with E-state index in [1.807, 2.05) is 0 Å². The summed E-state index contributed by atoms with van der Waals surface area (Å²) in [6, 6.07) is 4.04. The minimum Gasteiger partial charge on any atom is -0.370 e. The maximum Gasteiger partial charge on any atom is 0.217 e. The summed E-state index contributed by atoms with van der Waals surface area (Å²) in [6.45, 7) is 7.98. The van der Waals surface area contributed by atoms with Gasteiger partial charge in [0.05, 0.1) is 12.2 Å². The van der Waals surface area contributed by atoms with Crippen LogP contribution in [0.3, 0.4) is 0 Å². The highest BCUT2D eigenvalue weighted by molar-refractivity contribution is 5.73. The Bertz CT molecular complexity index is 639. The molecule has 2 heterocycles. The van der Waals surface area contributed by atoms with Crippen molar-refractivity contribution in [2.24, 2.45) is 5.92 Å². The number of carbonyl (C=O) groups is 1. The highest BCUT2D eigenvalue weighted by Gasteiger charge is 2.37. The molecule has 2 saturated heterocycles. The number of amides is 1. The number of benzene rings is 1. The number of ether oxygens (including phenoxy) is 1. The minimum atomic E-state index is -0.600. The van der Waals surface area contributed by atoms with Crippen LogP contribution in [0.5, 0.6) is 0 Å². The Morgan fingerprint density at radius 3 is 2.33 bits per heavy atom. The van der Waals surface area contributed by atoms with E-state index in [1.54, 1.807) is 0 Å². The van der Waals surface area contributed by atoms with Crippen molar-refractivity contribution in [3.05, 3.63) is 35.4 Å². The van der Waals surface area contributed by atoms with Crippen molar-refractivity contribution < 1.29 is 18.3 Å². The van der Waals surface area contributed by atoms with Crippen molar-refractivity contribution in [2.45, 2.75) is 70.7 Å². The molecule has 0 saturated carbocycles. The maximum atomic E-state index is 13.7. The summed E-state index contributed by atoms with van der Waals surface area (Å²) in [4.78, 5) is 14.0. The molecule has 0 bridgehead atoms. The lowest BCUT2D eigenvalue weighted by molar-refractivity contribution is -0.125. The van der Waals surface area contributed by atoms with Crippen LogP contribution in [0.4, 0.5) is 8.78 Å². The second-order valence-corrected chi connectivity index (χ2v) is 8.20. The first-order valence-electron chi connectivity index (χ1n) is 9.94. The van der Waals surface area contributed by atoms with Gasteiger partial charge in [-0.25, -0.2) is 8.78 Å². The molecule has 27 heavy (non-hydrogen) atoms. The number of piperidine rings is 1. The third-order valence-corrected chi connectivity index (χ3v) is 5.85. The summed E-state index contributed by atoms with van der Waals surface area (Å²) in [5, 5.41) is 2.99. The molecule has 0 radical (unpaired) electrons. The molecule has 1 amide bonds. The van der Waals surface area contributed by atoms with E-state index in [0.717, 1.165) is 38.4 Å². The fourth-order valence-electron chi connectivity index (χ4n) is 4.45. The third-order valence-electron chi connectivity index (χ3n) is 5.85. The molecule has 0 spiro atoms. The van der Waals surface area contributed by atoms with Crippen molar-refractivity contribution in [2.75, 3.05) is 13.1 Å². The van der Waals surface area contributed by atoms with Gasteiger partial charge in [-0.2, -0.15) is 0 Å². The molecule has 2 aliphatic rings. The molecule has 0 aromatic heterocycles. The average Bonchev–Trinajstić information content (AvgIpc) is 2.60. The standard InChI is InChI=1S/C21H30F2N2O2/c1-13(2)25-6-4-15(5-7-25)20-11-19(24-14(3)26)12-21(27-20)16-8-17(22)10-18(23)9-16/h8-10,13,15,19-21H,4-7,11-12H2,1-3H3,(H,24,26)/t19-,20-,21+/m0/s1. The third kappa shape index (κ3) is 5.26. The second kappa shape index (κ2) is 8.65. The van der Waals surface area contributed by atoms with Gasteiger partial charge in [0, 0.05) is 25.1 Å². The van der Waals surface area contributed by atoms with E-state index >= 15 is 0 Å². The van der Waals surface area contributed by atoms with Crippen LogP contribution in [-0.2, 0) is 9.53 Å². The topological polar surface area (TPSA) is 41.6 Å². The zero-order valence-electron chi connectivity index (χ0n) is 16.4. The lowest BCUT2D eigenvalue weighted by Gasteiger charge is -2.43. The van der Waals surface area contributed by atoms with Gasteiger partial charge in [0.15, 0.2) is 0 Å². The number of likely N-dealkylation sites (tertiary alicyclic amines) is 1. The lowest BCUT2D eigenvalue weighted by Crippen LogP contribution is -2.47. The molecule has 3 rings (SSSR count). The molecule has 6 heteroatoms. The highest BCUT2D eigenvalue weighted by Crippen LogP contribution is 2.37. The number of carbonyl (C=O) groups excluding carboxylic acids is 1. The molecule has 1 N–H and O–H groups in total. The molecule has 0 unspecified atom stereocenters. The summed E-state index contributed by atoms with van der Waals surface area (Å²) >= 11 is 0. The molecule has 1 aromatic rings. The van der Waals surface area contributed by atoms with Crippen LogP contribution in [0.25, 0.3) is 0 Å². The predicted molar refractivity (Wildman–Crippen MR) is 100 cm³/mol. The van der Waals surface area contributed by atoms with E-state index in [-0.39, 0.29) is 18.1 Å². The van der Waals surface area contributed by atoms with Gasteiger partial charge in [-0.15, -0.1) is 0 Å². The van der Waals surface area contributed by atoms with Crippen molar-refractivity contribution in [1.82, 2.24) is 10.2 Å². The van der Waals surface area contributed by atoms with Gasteiger partial charge in [0.2, 0.25) is 5.91 Å². The molecule has 2 aliphatic heterocycles. The van der Waals surface area contributed by atoms with E-state index < -0.39 is 17.7 Å². The Kier molecular flexibility index (Phi) is 6.48. The van der Waals surface area contributed by atoms with Crippen LogP contribution in [0.15, 0.2) is 18.2 Å². The van der Waals surface area contributed by atoms with Crippen LogP contribution >= 0.6 is 0 Å². The lowest BCUT2D eigenvalue weighted by atomic mass is 9.83. The normalized spacial score (nSPS) is 27.7. The fourth-order valence-corrected chi connectivity index (χ4v) is 4.45. The Morgan fingerprint density at radius 1 is 1.15 bits per heavy atom. The molecular weight excluding hydrogens is 350 g/mol. The van der Waals surface area contributed by atoms with Gasteiger partial charge in [0.1, 0.15) is 11.6 Å². The number of hydrogen-bond donors (Lipinski definition) is 1. The summed E-state index contributed by atoms with van der Waals surface area (Å²) < 4.78 is 33.7. The summed E-state index contributed by atoms with van der Waals surface area (Å²) in [5.74, 6) is -0.883. The minimum absolute atomic E-state index is 0.0127. The number of hydrogen-bond acceptors (Lipinski definition) is 3. The molecular formula is C21H30F2N2O2. The van der Waals surface area contributed by atoms with Crippen LogP contribution in [0.2, 0.25) is 0 Å². The second-order valence-electron chi connectivity index (χ2n) is 8.20. The Morgan fingerprint density at radius 2 is 1.78 bits per heavy atom. The first kappa shape index (κ1) is 20.2. The summed E-state index contributed by atoms with van der Waals surface area (Å²) in [6.07, 6.45) is 2.94. The SMILES string of the molecule is CC(=O)N[C@H]1C[C@@H](C2CCN(C(C)C)CC2)O[C@@H](c2cc(F)cc(F)c2)C1. The van der Waals surface area contributed by atoms with Crippen LogP contribution < -0.4 is 5.32 Å². The monoisotopic (exact) mass is 380 g/mol. The van der Waals surface area contributed by atoms with Crippen LogP contribution in [0.1, 0.15) is 58.1 Å². The molecule has 1 aromatic carbocycles. The Labute approximate surface area is 160 Å². The fraction of sp³-hybridized carbons (Fsp3) is 0.667. The zero-order valence-corrected chi connectivity index (χ0v) is 16.4. The first-order valence-corrected chi connectivity index (χ1v) is 9.94. The van der Waals surface area contributed by atoms with Crippen LogP contribution in [0, 0.1) is 17.6 Å². The van der Waals surface area contributed by atoms with Gasteiger partial charge in [-0.3, -0.25) is 4.79 Å². The number of rotatable bonds is 4. The van der Waals surface area contributed by atoms with E-state index in [2.05, 4.69) is 24.1 Å². The van der Waals surface area contributed by atoms with E-state index in [0.29, 0.717) is 23.9 Å². The van der Waals surface area contributed by atoms with Crippen molar-refractivity contribution in [1.29, 1.82) is 0 Å². The number of nitrogens with one attached hydrogen (secondary N) is 1. The van der Waals surface area contributed by atoms with Gasteiger partial charge in [0.25, 0.3) is 0 Å². The van der Waals surface area contributed by atoms with Crippen LogP contribution in [-0.4, -0.2) is 42.1 Å². The predicted octanol–water partition coefficient (Wildman–Crippen LogP) is 3.81. The zero-order chi connectivity index (χ0) is 19.6. The van der Waals surface area contributed by atoms with Gasteiger partial charge >= 0.3 is 0 Å². The number of halogens is 2. The Hall–Kier alpha value is -1.53. The van der Waals surface area contributed by atoms with E-state index in [4.69, 9.17) is 4.74 Å². The van der Waals surface area contributed by atoms with Gasteiger partial charge in [-0.05, 0) is 76.2 Å². The average molecular weight is 380 g/mol. The summed E-state index contributed by atoms with van der Waals surface area (Å²) in [5.41, 5.74) is 0.507. The largest absolute Gasteiger partial charge is 0.370 e. The van der Waals surface area contributed by atoms with Crippen molar-refractivity contribution >= 4 is 5.91 Å². The molecule has 4 nitrogen and oxygen atoms in total.